The molecule has 0 aliphatic heterocycles. The Hall–Kier alpha value is -1.73. The summed E-state index contributed by atoms with van der Waals surface area (Å²) in [6, 6.07) is 4.88. The molecule has 0 spiro atoms. The smallest absolute Gasteiger partial charge is 0.281 e. The predicted octanol–water partition coefficient (Wildman–Crippen LogP) is 1.76. The highest BCUT2D eigenvalue weighted by atomic mass is 35.5. The zero-order valence-corrected chi connectivity index (χ0v) is 12.0. The molecule has 0 amide bonds. The van der Waals surface area contributed by atoms with E-state index in [1.807, 2.05) is 0 Å². The molecule has 0 unspecified atom stereocenters. The van der Waals surface area contributed by atoms with Crippen molar-refractivity contribution < 1.29 is 8.42 Å². The summed E-state index contributed by atoms with van der Waals surface area (Å²) < 4.78 is 28.3. The topological polar surface area (TPSA) is 90.0 Å². The molecule has 0 saturated heterocycles. The molecular formula is C11H13ClN4O2S. The van der Waals surface area contributed by atoms with Gasteiger partial charge in [-0.2, -0.15) is 8.42 Å². The van der Waals surface area contributed by atoms with Gasteiger partial charge in [0.25, 0.3) is 10.0 Å². The van der Waals surface area contributed by atoms with Gasteiger partial charge in [-0.15, -0.1) is 0 Å². The molecule has 6 nitrogen and oxygen atoms in total. The Kier molecular flexibility index (Phi) is 3.42. The number of halogens is 1. The van der Waals surface area contributed by atoms with Crippen LogP contribution in [-0.4, -0.2) is 18.0 Å². The zero-order valence-electron chi connectivity index (χ0n) is 10.4. The number of aromatic nitrogens is 2. The minimum atomic E-state index is -3.78. The highest BCUT2D eigenvalue weighted by Crippen LogP contribution is 2.24. The number of nitrogens with zero attached hydrogens (tertiary/aromatic N) is 2. The Labute approximate surface area is 116 Å². The quantitative estimate of drug-likeness (QED) is 0.904. The van der Waals surface area contributed by atoms with Crippen LogP contribution in [0.5, 0.6) is 0 Å². The largest absolute Gasteiger partial charge is 0.381 e. The molecule has 2 rings (SSSR count). The number of imidazole rings is 1. The summed E-state index contributed by atoms with van der Waals surface area (Å²) in [6.45, 7) is 1.76. The number of nitrogen functional groups attached to an aromatic ring is 1. The first-order valence-corrected chi connectivity index (χ1v) is 7.23. The van der Waals surface area contributed by atoms with Crippen molar-refractivity contribution in [1.82, 2.24) is 9.55 Å². The average molecular weight is 301 g/mol. The van der Waals surface area contributed by atoms with Crippen LogP contribution in [0.3, 0.4) is 0 Å². The first-order valence-electron chi connectivity index (χ1n) is 5.37. The van der Waals surface area contributed by atoms with Crippen LogP contribution in [0.15, 0.2) is 29.6 Å². The highest BCUT2D eigenvalue weighted by Gasteiger charge is 2.22. The van der Waals surface area contributed by atoms with Crippen molar-refractivity contribution in [2.45, 2.75) is 11.9 Å². The van der Waals surface area contributed by atoms with Gasteiger partial charge in [0.05, 0.1) is 12.0 Å². The molecule has 1 aromatic carbocycles. The lowest BCUT2D eigenvalue weighted by molar-refractivity contribution is 0.592. The Morgan fingerprint density at radius 3 is 2.63 bits per heavy atom. The number of aryl methyl sites for hydroxylation is 2. The van der Waals surface area contributed by atoms with Crippen LogP contribution in [0.25, 0.3) is 0 Å². The molecule has 2 aromatic rings. The Balaban J connectivity index is 2.42. The summed E-state index contributed by atoms with van der Waals surface area (Å²) in [5.74, 6) is -0.0402. The van der Waals surface area contributed by atoms with Crippen molar-refractivity contribution >= 4 is 33.1 Å². The van der Waals surface area contributed by atoms with E-state index in [0.29, 0.717) is 10.7 Å². The molecule has 0 fully saturated rings. The summed E-state index contributed by atoms with van der Waals surface area (Å²) in [7, 11) is -2.22. The number of benzene rings is 1. The van der Waals surface area contributed by atoms with Crippen molar-refractivity contribution in [3.05, 3.63) is 35.1 Å². The Morgan fingerprint density at radius 1 is 1.42 bits per heavy atom. The van der Waals surface area contributed by atoms with Gasteiger partial charge >= 0.3 is 0 Å². The molecule has 0 saturated carbocycles. The second-order valence-corrected chi connectivity index (χ2v) is 6.14. The van der Waals surface area contributed by atoms with E-state index < -0.39 is 10.0 Å². The fraction of sp³-hybridized carbons (Fsp3) is 0.182. The number of nitrogens with one attached hydrogen (secondary N) is 1. The molecule has 102 valence electrons. The first kappa shape index (κ1) is 13.7. The van der Waals surface area contributed by atoms with Crippen molar-refractivity contribution in [2.75, 3.05) is 10.5 Å². The maximum absolute atomic E-state index is 12.3. The molecule has 0 aliphatic rings. The molecule has 0 aliphatic carbocycles. The second-order valence-electron chi connectivity index (χ2n) is 4.11. The average Bonchev–Trinajstić information content (AvgIpc) is 2.63. The Bertz CT molecular complexity index is 705. The lowest BCUT2D eigenvalue weighted by Crippen LogP contribution is -2.18. The van der Waals surface area contributed by atoms with Gasteiger partial charge in [-0.1, -0.05) is 11.6 Å². The third kappa shape index (κ3) is 2.66. The molecule has 1 aromatic heterocycles. The Morgan fingerprint density at radius 2 is 2.11 bits per heavy atom. The van der Waals surface area contributed by atoms with Crippen molar-refractivity contribution in [3.8, 4) is 0 Å². The number of sulfonamides is 1. The molecule has 8 heteroatoms. The minimum absolute atomic E-state index is 0.0402. The summed E-state index contributed by atoms with van der Waals surface area (Å²) in [6.07, 6.45) is 1.35. The van der Waals surface area contributed by atoms with Crippen LogP contribution < -0.4 is 10.5 Å². The van der Waals surface area contributed by atoms with Crippen molar-refractivity contribution in [1.29, 1.82) is 0 Å². The summed E-state index contributed by atoms with van der Waals surface area (Å²) in [5, 5.41) is 0.474. The van der Waals surface area contributed by atoms with Crippen LogP contribution in [0, 0.1) is 6.92 Å². The van der Waals surface area contributed by atoms with Crippen LogP contribution >= 0.6 is 11.6 Å². The van der Waals surface area contributed by atoms with Gasteiger partial charge in [-0.05, 0) is 30.7 Å². The van der Waals surface area contributed by atoms with Crippen LogP contribution in [0.2, 0.25) is 5.02 Å². The maximum atomic E-state index is 12.3. The van der Waals surface area contributed by atoms with Gasteiger partial charge in [0.2, 0.25) is 0 Å². The maximum Gasteiger partial charge on any atom is 0.281 e. The molecular weight excluding hydrogens is 288 g/mol. The molecule has 19 heavy (non-hydrogen) atoms. The predicted molar refractivity (Wildman–Crippen MR) is 74.6 cm³/mol. The standard InChI is InChI=1S/C11H13ClN4O2S/c1-7-5-8(12)3-4-9(7)15-19(17,18)11-10(13)14-6-16(11)2/h3-6,15H,13H2,1-2H3. The van der Waals surface area contributed by atoms with E-state index in [0.717, 1.165) is 5.56 Å². The monoisotopic (exact) mass is 300 g/mol. The van der Waals surface area contributed by atoms with Crippen molar-refractivity contribution in [2.24, 2.45) is 7.05 Å². The van der Waals surface area contributed by atoms with Gasteiger partial charge in [0, 0.05) is 12.1 Å². The van der Waals surface area contributed by atoms with E-state index >= 15 is 0 Å². The van der Waals surface area contributed by atoms with E-state index in [2.05, 4.69) is 9.71 Å². The fourth-order valence-electron chi connectivity index (χ4n) is 1.70. The SMILES string of the molecule is Cc1cc(Cl)ccc1NS(=O)(=O)c1c(N)ncn1C. The van der Waals surface area contributed by atoms with Crippen LogP contribution in [-0.2, 0) is 17.1 Å². The van der Waals surface area contributed by atoms with Gasteiger partial charge in [0.15, 0.2) is 10.8 Å². The number of rotatable bonds is 3. The molecule has 0 bridgehead atoms. The van der Waals surface area contributed by atoms with Crippen molar-refractivity contribution in [3.63, 3.8) is 0 Å². The number of hydrogen-bond acceptors (Lipinski definition) is 4. The van der Waals surface area contributed by atoms with Gasteiger partial charge in [-0.3, -0.25) is 4.72 Å². The van der Waals surface area contributed by atoms with Gasteiger partial charge < -0.3 is 10.3 Å². The van der Waals surface area contributed by atoms with E-state index in [1.54, 1.807) is 32.2 Å². The van der Waals surface area contributed by atoms with E-state index in [9.17, 15) is 8.42 Å². The van der Waals surface area contributed by atoms with Gasteiger partial charge in [0.1, 0.15) is 0 Å². The minimum Gasteiger partial charge on any atom is -0.381 e. The van der Waals surface area contributed by atoms with E-state index in [4.69, 9.17) is 17.3 Å². The van der Waals surface area contributed by atoms with E-state index in [-0.39, 0.29) is 10.8 Å². The first-order chi connectivity index (χ1) is 8.81. The lowest BCUT2D eigenvalue weighted by Gasteiger charge is -2.11. The second kappa shape index (κ2) is 4.75. The van der Waals surface area contributed by atoms with Crippen LogP contribution in [0.4, 0.5) is 11.5 Å². The summed E-state index contributed by atoms with van der Waals surface area (Å²) >= 11 is 5.83. The third-order valence-electron chi connectivity index (χ3n) is 2.60. The number of nitrogens with two attached hydrogens (primary N) is 1. The highest BCUT2D eigenvalue weighted by molar-refractivity contribution is 7.92. The molecule has 1 heterocycles. The molecule has 0 atom stereocenters. The molecule has 0 radical (unpaired) electrons. The normalized spacial score (nSPS) is 11.5. The third-order valence-corrected chi connectivity index (χ3v) is 4.33. The zero-order chi connectivity index (χ0) is 14.2. The summed E-state index contributed by atoms with van der Waals surface area (Å²) in [5.41, 5.74) is 6.74. The number of hydrogen-bond donors (Lipinski definition) is 2. The number of anilines is 2. The van der Waals surface area contributed by atoms with E-state index in [1.165, 1.54) is 10.9 Å². The lowest BCUT2D eigenvalue weighted by atomic mass is 10.2. The van der Waals surface area contributed by atoms with Crippen LogP contribution in [0.1, 0.15) is 5.56 Å². The van der Waals surface area contributed by atoms with Gasteiger partial charge in [-0.25, -0.2) is 4.98 Å². The summed E-state index contributed by atoms with van der Waals surface area (Å²) in [4.78, 5) is 3.76. The molecule has 3 N–H and O–H groups in total. The fourth-order valence-corrected chi connectivity index (χ4v) is 3.30.